The van der Waals surface area contributed by atoms with Crippen LogP contribution in [0.15, 0.2) is 54.7 Å². The van der Waals surface area contributed by atoms with Gasteiger partial charge in [0.1, 0.15) is 11.4 Å². The lowest BCUT2D eigenvalue weighted by Gasteiger charge is -2.31. The number of hydrogen-bond donors (Lipinski definition) is 1. The summed E-state index contributed by atoms with van der Waals surface area (Å²) in [6, 6.07) is 16.7. The molecule has 3 aromatic rings. The summed E-state index contributed by atoms with van der Waals surface area (Å²) < 4.78 is 0. The lowest BCUT2D eigenvalue weighted by Crippen LogP contribution is -2.36. The number of carbonyl (C=O) groups excluding carboxylic acids is 1. The average molecular weight is 386 g/mol. The van der Waals surface area contributed by atoms with Crippen LogP contribution in [0.5, 0.6) is 0 Å². The molecule has 1 aliphatic heterocycles. The Morgan fingerprint density at radius 2 is 1.79 bits per heavy atom. The van der Waals surface area contributed by atoms with E-state index in [1.165, 1.54) is 16.7 Å². The first kappa shape index (κ1) is 19.1. The van der Waals surface area contributed by atoms with Crippen molar-refractivity contribution in [2.45, 2.75) is 39.8 Å². The summed E-state index contributed by atoms with van der Waals surface area (Å²) in [5.74, 6) is 1.20. The van der Waals surface area contributed by atoms with Gasteiger partial charge in [-0.2, -0.15) is 0 Å². The first-order valence-corrected chi connectivity index (χ1v) is 10.1. The van der Waals surface area contributed by atoms with Gasteiger partial charge >= 0.3 is 0 Å². The van der Waals surface area contributed by atoms with Gasteiger partial charge in [0, 0.05) is 30.9 Å². The molecule has 2 aromatic carbocycles. The third-order valence-corrected chi connectivity index (χ3v) is 5.17. The van der Waals surface area contributed by atoms with E-state index in [-0.39, 0.29) is 11.9 Å². The van der Waals surface area contributed by atoms with Crippen molar-refractivity contribution in [3.63, 3.8) is 0 Å². The van der Waals surface area contributed by atoms with Crippen LogP contribution in [0.2, 0.25) is 0 Å². The smallest absolute Gasteiger partial charge is 0.256 e. The lowest BCUT2D eigenvalue weighted by atomic mass is 9.99. The molecule has 2 heterocycles. The molecule has 0 aliphatic carbocycles. The van der Waals surface area contributed by atoms with Gasteiger partial charge in [0.25, 0.3) is 5.91 Å². The number of aromatic nitrogens is 2. The predicted octanol–water partition coefficient (Wildman–Crippen LogP) is 4.15. The monoisotopic (exact) mass is 386 g/mol. The Balaban J connectivity index is 1.75. The van der Waals surface area contributed by atoms with Crippen LogP contribution < -0.4 is 10.2 Å². The van der Waals surface area contributed by atoms with Crippen molar-refractivity contribution < 1.29 is 4.79 Å². The van der Waals surface area contributed by atoms with Crippen molar-refractivity contribution in [3.05, 3.63) is 77.0 Å². The second-order valence-corrected chi connectivity index (χ2v) is 7.87. The fourth-order valence-corrected chi connectivity index (χ4v) is 3.63. The molecule has 1 aromatic heterocycles. The summed E-state index contributed by atoms with van der Waals surface area (Å²) in [6.07, 6.45) is 2.60. The SMILES string of the molecule is Cc1ccc(-c2ncc(C(=O)NC(C)C)c(N3CCc4ccccc4C3)n2)cc1. The van der Waals surface area contributed by atoms with Gasteiger partial charge in [0.2, 0.25) is 0 Å². The van der Waals surface area contributed by atoms with E-state index in [1.54, 1.807) is 6.20 Å². The molecule has 0 fully saturated rings. The largest absolute Gasteiger partial charge is 0.351 e. The van der Waals surface area contributed by atoms with Crippen molar-refractivity contribution in [3.8, 4) is 11.4 Å². The summed E-state index contributed by atoms with van der Waals surface area (Å²) in [7, 11) is 0. The molecular weight excluding hydrogens is 360 g/mol. The van der Waals surface area contributed by atoms with Gasteiger partial charge in [-0.3, -0.25) is 4.79 Å². The molecule has 0 saturated carbocycles. The summed E-state index contributed by atoms with van der Waals surface area (Å²) in [6.45, 7) is 7.53. The Bertz CT molecular complexity index is 1030. The number of hydrogen-bond acceptors (Lipinski definition) is 4. The lowest BCUT2D eigenvalue weighted by molar-refractivity contribution is 0.0943. The molecule has 29 heavy (non-hydrogen) atoms. The first-order valence-electron chi connectivity index (χ1n) is 10.1. The number of nitrogens with zero attached hydrogens (tertiary/aromatic N) is 3. The highest BCUT2D eigenvalue weighted by molar-refractivity contribution is 5.99. The molecule has 1 N–H and O–H groups in total. The quantitative estimate of drug-likeness (QED) is 0.732. The zero-order chi connectivity index (χ0) is 20.4. The number of carbonyl (C=O) groups is 1. The number of amides is 1. The van der Waals surface area contributed by atoms with Crippen LogP contribution in [-0.2, 0) is 13.0 Å². The van der Waals surface area contributed by atoms with E-state index >= 15 is 0 Å². The molecule has 0 bridgehead atoms. The maximum atomic E-state index is 12.8. The molecule has 1 aliphatic rings. The van der Waals surface area contributed by atoms with Gasteiger partial charge in [0.05, 0.1) is 0 Å². The molecule has 148 valence electrons. The minimum atomic E-state index is -0.135. The minimum Gasteiger partial charge on any atom is -0.351 e. The zero-order valence-corrected chi connectivity index (χ0v) is 17.1. The average Bonchev–Trinajstić information content (AvgIpc) is 2.73. The van der Waals surface area contributed by atoms with Gasteiger partial charge in [0.15, 0.2) is 5.82 Å². The standard InChI is InChI=1S/C24H26N4O/c1-16(2)26-24(29)21-14-25-22(19-10-8-17(3)9-11-19)27-23(21)28-13-12-18-6-4-5-7-20(18)15-28/h4-11,14,16H,12-13,15H2,1-3H3,(H,26,29). The van der Waals surface area contributed by atoms with E-state index in [2.05, 4.69) is 58.5 Å². The highest BCUT2D eigenvalue weighted by atomic mass is 16.1. The van der Waals surface area contributed by atoms with E-state index in [0.29, 0.717) is 17.2 Å². The summed E-state index contributed by atoms with van der Waals surface area (Å²) in [5.41, 5.74) is 5.31. The first-order chi connectivity index (χ1) is 14.0. The Morgan fingerprint density at radius 1 is 1.07 bits per heavy atom. The van der Waals surface area contributed by atoms with Crippen LogP contribution in [0.25, 0.3) is 11.4 Å². The number of fused-ring (bicyclic) bond motifs is 1. The fraction of sp³-hybridized carbons (Fsp3) is 0.292. The van der Waals surface area contributed by atoms with Crippen LogP contribution in [-0.4, -0.2) is 28.5 Å². The van der Waals surface area contributed by atoms with Gasteiger partial charge < -0.3 is 10.2 Å². The predicted molar refractivity (Wildman–Crippen MR) is 116 cm³/mol. The molecular formula is C24H26N4O. The normalized spacial score (nSPS) is 13.3. The maximum Gasteiger partial charge on any atom is 0.256 e. The van der Waals surface area contributed by atoms with Crippen LogP contribution in [0.1, 0.15) is 40.9 Å². The molecule has 0 radical (unpaired) electrons. The minimum absolute atomic E-state index is 0.0502. The van der Waals surface area contributed by atoms with E-state index in [4.69, 9.17) is 4.98 Å². The van der Waals surface area contributed by atoms with Crippen LogP contribution in [0.4, 0.5) is 5.82 Å². The Kier molecular flexibility index (Phi) is 5.30. The number of aryl methyl sites for hydroxylation is 1. The highest BCUT2D eigenvalue weighted by Crippen LogP contribution is 2.28. The van der Waals surface area contributed by atoms with Gasteiger partial charge in [-0.15, -0.1) is 0 Å². The Labute approximate surface area is 171 Å². The molecule has 1 amide bonds. The van der Waals surface area contributed by atoms with E-state index in [0.717, 1.165) is 25.1 Å². The third kappa shape index (κ3) is 4.14. The van der Waals surface area contributed by atoms with E-state index in [1.807, 2.05) is 26.0 Å². The van der Waals surface area contributed by atoms with Gasteiger partial charge in [-0.1, -0.05) is 54.1 Å². The molecule has 5 heteroatoms. The molecule has 0 atom stereocenters. The molecule has 0 unspecified atom stereocenters. The van der Waals surface area contributed by atoms with Gasteiger partial charge in [-0.05, 0) is 38.3 Å². The van der Waals surface area contributed by atoms with E-state index < -0.39 is 0 Å². The summed E-state index contributed by atoms with van der Waals surface area (Å²) in [5, 5.41) is 2.98. The molecule has 0 saturated heterocycles. The van der Waals surface area contributed by atoms with Crippen LogP contribution >= 0.6 is 0 Å². The zero-order valence-electron chi connectivity index (χ0n) is 17.1. The Morgan fingerprint density at radius 3 is 2.52 bits per heavy atom. The van der Waals surface area contributed by atoms with Crippen molar-refractivity contribution in [1.82, 2.24) is 15.3 Å². The van der Waals surface area contributed by atoms with Crippen molar-refractivity contribution in [2.24, 2.45) is 0 Å². The topological polar surface area (TPSA) is 58.1 Å². The van der Waals surface area contributed by atoms with E-state index in [9.17, 15) is 4.79 Å². The van der Waals surface area contributed by atoms with Crippen LogP contribution in [0.3, 0.4) is 0 Å². The molecule has 5 nitrogen and oxygen atoms in total. The summed E-state index contributed by atoms with van der Waals surface area (Å²) in [4.78, 5) is 24.4. The highest BCUT2D eigenvalue weighted by Gasteiger charge is 2.24. The van der Waals surface area contributed by atoms with Gasteiger partial charge in [-0.25, -0.2) is 9.97 Å². The molecule has 4 rings (SSSR count). The fourth-order valence-electron chi connectivity index (χ4n) is 3.63. The maximum absolute atomic E-state index is 12.8. The second kappa shape index (κ2) is 8.03. The van der Waals surface area contributed by atoms with Crippen molar-refractivity contribution in [1.29, 1.82) is 0 Å². The van der Waals surface area contributed by atoms with Crippen molar-refractivity contribution >= 4 is 11.7 Å². The third-order valence-electron chi connectivity index (χ3n) is 5.17. The number of anilines is 1. The number of nitrogens with one attached hydrogen (secondary N) is 1. The second-order valence-electron chi connectivity index (χ2n) is 7.87. The van der Waals surface area contributed by atoms with Crippen molar-refractivity contribution in [2.75, 3.05) is 11.4 Å². The number of rotatable bonds is 4. The summed E-state index contributed by atoms with van der Waals surface area (Å²) >= 11 is 0. The number of benzene rings is 2. The molecule has 0 spiro atoms. The van der Waals surface area contributed by atoms with Crippen LogP contribution in [0, 0.1) is 6.92 Å². The Hall–Kier alpha value is -3.21.